The van der Waals surface area contributed by atoms with Gasteiger partial charge in [0, 0.05) is 37.4 Å². The molecular weight excluding hydrogens is 466 g/mol. The number of carbonyl (C=O) groups excluding carboxylic acids is 1. The molecule has 0 spiro atoms. The van der Waals surface area contributed by atoms with Gasteiger partial charge in [0.2, 0.25) is 5.91 Å². The molecule has 170 valence electrons. The van der Waals surface area contributed by atoms with Gasteiger partial charge >= 0.3 is 0 Å². The topological polar surface area (TPSA) is 64.4 Å². The quantitative estimate of drug-likeness (QED) is 0.218. The number of amides is 1. The van der Waals surface area contributed by atoms with E-state index < -0.39 is 0 Å². The summed E-state index contributed by atoms with van der Waals surface area (Å²) in [4.78, 5) is 32.9. The van der Waals surface area contributed by atoms with Crippen LogP contribution in [0, 0.1) is 0 Å². The van der Waals surface area contributed by atoms with Crippen molar-refractivity contribution in [2.75, 3.05) is 19.0 Å². The summed E-state index contributed by atoms with van der Waals surface area (Å²) in [6.45, 7) is 4.28. The van der Waals surface area contributed by atoms with Gasteiger partial charge in [-0.25, -0.2) is 4.98 Å². The van der Waals surface area contributed by atoms with E-state index in [1.54, 1.807) is 34.1 Å². The van der Waals surface area contributed by atoms with Crippen molar-refractivity contribution in [2.24, 2.45) is 0 Å². The highest BCUT2D eigenvalue weighted by molar-refractivity contribution is 7.99. The Hall–Kier alpha value is -1.87. The SMILES string of the molecule is CCOCCCn1c(SCC(=O)N(Cc2ccsc2)C2CC2)nc2cc(Cl)ccc2c1=O. The van der Waals surface area contributed by atoms with E-state index in [9.17, 15) is 9.59 Å². The Balaban J connectivity index is 1.54. The van der Waals surface area contributed by atoms with E-state index in [-0.39, 0.29) is 17.2 Å². The first kappa shape index (κ1) is 23.3. The maximum absolute atomic E-state index is 13.2. The third-order valence-electron chi connectivity index (χ3n) is 5.32. The van der Waals surface area contributed by atoms with E-state index in [1.165, 1.54) is 11.8 Å². The maximum Gasteiger partial charge on any atom is 0.262 e. The van der Waals surface area contributed by atoms with Crippen LogP contribution in [0.4, 0.5) is 0 Å². The molecule has 0 radical (unpaired) electrons. The van der Waals surface area contributed by atoms with Crippen LogP contribution in [-0.2, 0) is 22.6 Å². The molecule has 1 amide bonds. The lowest BCUT2D eigenvalue weighted by atomic mass is 10.2. The van der Waals surface area contributed by atoms with Crippen molar-refractivity contribution in [2.45, 2.75) is 50.5 Å². The normalized spacial score (nSPS) is 13.6. The average Bonchev–Trinajstić information content (AvgIpc) is 3.49. The Morgan fingerprint density at radius 2 is 2.22 bits per heavy atom. The molecule has 6 nitrogen and oxygen atoms in total. The van der Waals surface area contributed by atoms with Crippen molar-refractivity contribution >= 4 is 51.5 Å². The molecule has 0 saturated heterocycles. The van der Waals surface area contributed by atoms with E-state index >= 15 is 0 Å². The van der Waals surface area contributed by atoms with E-state index in [4.69, 9.17) is 21.3 Å². The Morgan fingerprint density at radius 1 is 1.38 bits per heavy atom. The van der Waals surface area contributed by atoms with Crippen molar-refractivity contribution in [1.82, 2.24) is 14.5 Å². The van der Waals surface area contributed by atoms with Gasteiger partial charge in [-0.15, -0.1) is 0 Å². The summed E-state index contributed by atoms with van der Waals surface area (Å²) in [5.41, 5.74) is 1.60. The first-order valence-corrected chi connectivity index (χ1v) is 13.1. The Bertz CT molecular complexity index is 1130. The minimum absolute atomic E-state index is 0.0741. The third kappa shape index (κ3) is 5.73. The van der Waals surface area contributed by atoms with Gasteiger partial charge in [-0.3, -0.25) is 14.2 Å². The zero-order chi connectivity index (χ0) is 22.5. The lowest BCUT2D eigenvalue weighted by Crippen LogP contribution is -2.34. The summed E-state index contributed by atoms with van der Waals surface area (Å²) in [6.07, 6.45) is 2.80. The second-order valence-corrected chi connectivity index (χ2v) is 9.90. The maximum atomic E-state index is 13.2. The molecule has 3 aromatic rings. The molecule has 0 unspecified atom stereocenters. The standard InChI is InChI=1S/C23H26ClN3O3S2/c1-2-30-10-3-9-26-22(29)19-7-4-17(24)12-20(19)25-23(26)32-15-21(28)27(18-5-6-18)13-16-8-11-31-14-16/h4,7-8,11-12,14,18H,2-3,5-6,9-10,13,15H2,1H3. The first-order valence-electron chi connectivity index (χ1n) is 10.8. The third-order valence-corrected chi connectivity index (χ3v) is 7.25. The number of halogens is 1. The van der Waals surface area contributed by atoms with Crippen LogP contribution in [0.5, 0.6) is 0 Å². The molecule has 9 heteroatoms. The monoisotopic (exact) mass is 491 g/mol. The van der Waals surface area contributed by atoms with Gasteiger partial charge < -0.3 is 9.64 Å². The van der Waals surface area contributed by atoms with Gasteiger partial charge in [-0.2, -0.15) is 11.3 Å². The highest BCUT2D eigenvalue weighted by Crippen LogP contribution is 2.30. The summed E-state index contributed by atoms with van der Waals surface area (Å²) in [5, 5.41) is 5.71. The summed E-state index contributed by atoms with van der Waals surface area (Å²) in [7, 11) is 0. The molecule has 0 bridgehead atoms. The molecular formula is C23H26ClN3O3S2. The molecule has 1 saturated carbocycles. The molecule has 4 rings (SSSR count). The summed E-state index contributed by atoms with van der Waals surface area (Å²) >= 11 is 9.09. The number of hydrogen-bond donors (Lipinski definition) is 0. The fourth-order valence-corrected chi connectivity index (χ4v) is 5.28. The number of aromatic nitrogens is 2. The minimum Gasteiger partial charge on any atom is -0.382 e. The van der Waals surface area contributed by atoms with E-state index in [2.05, 4.69) is 11.4 Å². The second-order valence-electron chi connectivity index (χ2n) is 7.74. The van der Waals surface area contributed by atoms with Crippen LogP contribution in [0.1, 0.15) is 31.7 Å². The van der Waals surface area contributed by atoms with Gasteiger partial charge in [0.1, 0.15) is 0 Å². The Kier molecular flexibility index (Phi) is 7.88. The Labute approximate surface area is 200 Å². The zero-order valence-corrected chi connectivity index (χ0v) is 20.3. The van der Waals surface area contributed by atoms with Gasteiger partial charge in [0.05, 0.1) is 16.7 Å². The fourth-order valence-electron chi connectivity index (χ4n) is 3.55. The largest absolute Gasteiger partial charge is 0.382 e. The van der Waals surface area contributed by atoms with Crippen LogP contribution in [0.2, 0.25) is 5.02 Å². The van der Waals surface area contributed by atoms with Crippen molar-refractivity contribution < 1.29 is 9.53 Å². The fraction of sp³-hybridized carbons (Fsp3) is 0.435. The summed E-state index contributed by atoms with van der Waals surface area (Å²) < 4.78 is 7.09. The molecule has 0 N–H and O–H groups in total. The molecule has 2 heterocycles. The molecule has 1 aromatic carbocycles. The molecule has 0 aliphatic heterocycles. The van der Waals surface area contributed by atoms with Crippen LogP contribution in [-0.4, -0.2) is 45.4 Å². The van der Waals surface area contributed by atoms with Gasteiger partial charge in [-0.1, -0.05) is 23.4 Å². The van der Waals surface area contributed by atoms with Crippen LogP contribution < -0.4 is 5.56 Å². The second kappa shape index (κ2) is 10.8. The van der Waals surface area contributed by atoms with Crippen molar-refractivity contribution in [3.63, 3.8) is 0 Å². The van der Waals surface area contributed by atoms with E-state index in [1.807, 2.05) is 17.2 Å². The number of nitrogens with zero attached hydrogens (tertiary/aromatic N) is 3. The molecule has 32 heavy (non-hydrogen) atoms. The molecule has 1 fully saturated rings. The van der Waals surface area contributed by atoms with Crippen LogP contribution in [0.3, 0.4) is 0 Å². The first-order chi connectivity index (χ1) is 15.6. The molecule has 2 aromatic heterocycles. The lowest BCUT2D eigenvalue weighted by molar-refractivity contribution is -0.129. The molecule has 1 aliphatic carbocycles. The van der Waals surface area contributed by atoms with Crippen molar-refractivity contribution in [1.29, 1.82) is 0 Å². The van der Waals surface area contributed by atoms with Crippen molar-refractivity contribution in [3.8, 4) is 0 Å². The smallest absolute Gasteiger partial charge is 0.262 e. The number of benzene rings is 1. The van der Waals surface area contributed by atoms with Gasteiger partial charge in [0.15, 0.2) is 5.16 Å². The number of rotatable bonds is 11. The lowest BCUT2D eigenvalue weighted by Gasteiger charge is -2.22. The molecule has 0 atom stereocenters. The minimum atomic E-state index is -0.115. The Morgan fingerprint density at radius 3 is 2.94 bits per heavy atom. The summed E-state index contributed by atoms with van der Waals surface area (Å²) in [5.74, 6) is 0.315. The number of carbonyl (C=O) groups is 1. The number of thiophene rings is 1. The van der Waals surface area contributed by atoms with Crippen LogP contribution in [0.15, 0.2) is 45.0 Å². The number of fused-ring (bicyclic) bond motifs is 1. The molecule has 1 aliphatic rings. The van der Waals surface area contributed by atoms with Crippen molar-refractivity contribution in [3.05, 3.63) is 56.0 Å². The van der Waals surface area contributed by atoms with Crippen LogP contribution in [0.25, 0.3) is 10.9 Å². The van der Waals surface area contributed by atoms with E-state index in [0.717, 1.165) is 18.4 Å². The predicted molar refractivity (Wildman–Crippen MR) is 131 cm³/mol. The zero-order valence-electron chi connectivity index (χ0n) is 18.0. The number of hydrogen-bond acceptors (Lipinski definition) is 6. The average molecular weight is 492 g/mol. The predicted octanol–water partition coefficient (Wildman–Crippen LogP) is 4.82. The highest BCUT2D eigenvalue weighted by Gasteiger charge is 2.32. The summed E-state index contributed by atoms with van der Waals surface area (Å²) in [6, 6.07) is 7.49. The highest BCUT2D eigenvalue weighted by atomic mass is 35.5. The van der Waals surface area contributed by atoms with Crippen LogP contribution >= 0.6 is 34.7 Å². The van der Waals surface area contributed by atoms with Gasteiger partial charge in [-0.05, 0) is 66.8 Å². The van der Waals surface area contributed by atoms with E-state index in [0.29, 0.717) is 59.8 Å². The number of thioether (sulfide) groups is 1. The van der Waals surface area contributed by atoms with Gasteiger partial charge in [0.25, 0.3) is 5.56 Å². The number of ether oxygens (including phenoxy) is 1.